The summed E-state index contributed by atoms with van der Waals surface area (Å²) in [6, 6.07) is 7.48. The molecule has 2 rings (SSSR count). The molecule has 0 aromatic heterocycles. The third-order valence-corrected chi connectivity index (χ3v) is 4.25. The van der Waals surface area contributed by atoms with Crippen molar-refractivity contribution in [3.8, 4) is 0 Å². The van der Waals surface area contributed by atoms with E-state index in [1.807, 2.05) is 31.2 Å². The molecule has 0 radical (unpaired) electrons. The number of hydrogen-bond donors (Lipinski definition) is 1. The SMILES string of the molecule is COC(=O)CNC(=O)[C@@H]1CCC(=O)N(C)[C@H]1c1ccc(C)cc1. The largest absolute Gasteiger partial charge is 0.468 e. The number of nitrogens with zero attached hydrogens (tertiary/aromatic N) is 1. The number of likely N-dealkylation sites (tertiary alicyclic amines) is 1. The minimum atomic E-state index is -0.495. The molecule has 0 spiro atoms. The number of ether oxygens (including phenoxy) is 1. The van der Waals surface area contributed by atoms with Crippen molar-refractivity contribution < 1.29 is 19.1 Å². The highest BCUT2D eigenvalue weighted by atomic mass is 16.5. The van der Waals surface area contributed by atoms with E-state index in [4.69, 9.17) is 0 Å². The first kappa shape index (κ1) is 17.0. The molecule has 6 heteroatoms. The van der Waals surface area contributed by atoms with Gasteiger partial charge in [0.25, 0.3) is 0 Å². The van der Waals surface area contributed by atoms with Gasteiger partial charge in [-0.15, -0.1) is 0 Å². The predicted molar refractivity (Wildman–Crippen MR) is 84.4 cm³/mol. The zero-order chi connectivity index (χ0) is 17.0. The number of piperidine rings is 1. The molecule has 0 saturated carbocycles. The average Bonchev–Trinajstić information content (AvgIpc) is 2.55. The van der Waals surface area contributed by atoms with Gasteiger partial charge in [-0.25, -0.2) is 0 Å². The Hall–Kier alpha value is -2.37. The van der Waals surface area contributed by atoms with Crippen LogP contribution < -0.4 is 5.32 Å². The topological polar surface area (TPSA) is 75.7 Å². The van der Waals surface area contributed by atoms with Crippen LogP contribution >= 0.6 is 0 Å². The number of esters is 1. The van der Waals surface area contributed by atoms with Gasteiger partial charge < -0.3 is 15.0 Å². The Morgan fingerprint density at radius 2 is 1.96 bits per heavy atom. The second kappa shape index (κ2) is 7.26. The molecule has 2 atom stereocenters. The second-order valence-corrected chi connectivity index (χ2v) is 5.80. The maximum absolute atomic E-state index is 12.5. The molecule has 1 N–H and O–H groups in total. The summed E-state index contributed by atoms with van der Waals surface area (Å²) in [7, 11) is 2.99. The molecule has 1 fully saturated rings. The van der Waals surface area contributed by atoms with Gasteiger partial charge in [0.1, 0.15) is 6.54 Å². The van der Waals surface area contributed by atoms with Crippen LogP contribution in [0, 0.1) is 12.8 Å². The smallest absolute Gasteiger partial charge is 0.325 e. The number of rotatable bonds is 4. The third kappa shape index (κ3) is 3.88. The molecule has 124 valence electrons. The summed E-state index contributed by atoms with van der Waals surface area (Å²) >= 11 is 0. The van der Waals surface area contributed by atoms with Crippen molar-refractivity contribution in [2.24, 2.45) is 5.92 Å². The highest BCUT2D eigenvalue weighted by Gasteiger charge is 2.38. The standard InChI is InChI=1S/C17H22N2O4/c1-11-4-6-12(7-5-11)16-13(8-9-14(20)19(16)2)17(22)18-10-15(21)23-3/h4-7,13,16H,8-10H2,1-3H3,(H,18,22)/t13-,16+/m1/s1. The lowest BCUT2D eigenvalue weighted by Crippen LogP contribution is -2.47. The number of hydrogen-bond acceptors (Lipinski definition) is 4. The second-order valence-electron chi connectivity index (χ2n) is 5.80. The Morgan fingerprint density at radius 1 is 1.30 bits per heavy atom. The van der Waals surface area contributed by atoms with Gasteiger partial charge in [-0.05, 0) is 18.9 Å². The van der Waals surface area contributed by atoms with Gasteiger partial charge in [0.2, 0.25) is 11.8 Å². The van der Waals surface area contributed by atoms with Crippen LogP contribution in [0.4, 0.5) is 0 Å². The summed E-state index contributed by atoms with van der Waals surface area (Å²) in [5.41, 5.74) is 2.04. The Morgan fingerprint density at radius 3 is 2.57 bits per heavy atom. The van der Waals surface area contributed by atoms with Crippen LogP contribution in [-0.4, -0.2) is 43.4 Å². The average molecular weight is 318 g/mol. The van der Waals surface area contributed by atoms with Gasteiger partial charge in [-0.3, -0.25) is 14.4 Å². The van der Waals surface area contributed by atoms with Crippen LogP contribution in [0.3, 0.4) is 0 Å². The van der Waals surface area contributed by atoms with Gasteiger partial charge in [0, 0.05) is 13.5 Å². The van der Waals surface area contributed by atoms with Crippen molar-refractivity contribution in [1.29, 1.82) is 0 Å². The van der Waals surface area contributed by atoms with Crippen LogP contribution in [0.15, 0.2) is 24.3 Å². The van der Waals surface area contributed by atoms with E-state index in [9.17, 15) is 14.4 Å². The molecule has 1 aliphatic heterocycles. The van der Waals surface area contributed by atoms with Crippen molar-refractivity contribution in [2.45, 2.75) is 25.8 Å². The third-order valence-electron chi connectivity index (χ3n) is 4.25. The summed E-state index contributed by atoms with van der Waals surface area (Å²) in [4.78, 5) is 37.3. The highest BCUT2D eigenvalue weighted by Crippen LogP contribution is 2.35. The Kier molecular flexibility index (Phi) is 5.36. The molecule has 0 unspecified atom stereocenters. The Labute approximate surface area is 135 Å². The maximum atomic E-state index is 12.5. The monoisotopic (exact) mass is 318 g/mol. The number of carbonyl (C=O) groups excluding carboxylic acids is 3. The number of aryl methyl sites for hydroxylation is 1. The van der Waals surface area contributed by atoms with Gasteiger partial charge in [-0.2, -0.15) is 0 Å². The van der Waals surface area contributed by atoms with Crippen molar-refractivity contribution in [3.05, 3.63) is 35.4 Å². The molecular formula is C17H22N2O4. The highest BCUT2D eigenvalue weighted by molar-refractivity contribution is 5.87. The van der Waals surface area contributed by atoms with Crippen LogP contribution in [0.5, 0.6) is 0 Å². The van der Waals surface area contributed by atoms with Crippen LogP contribution in [-0.2, 0) is 19.1 Å². The van der Waals surface area contributed by atoms with E-state index < -0.39 is 5.97 Å². The first-order valence-electron chi connectivity index (χ1n) is 7.60. The summed E-state index contributed by atoms with van der Waals surface area (Å²) in [6.45, 7) is 1.82. The molecule has 1 aliphatic rings. The fourth-order valence-electron chi connectivity index (χ4n) is 2.89. The first-order chi connectivity index (χ1) is 10.9. The minimum absolute atomic E-state index is 0.0209. The maximum Gasteiger partial charge on any atom is 0.325 e. The molecule has 0 bridgehead atoms. The fourth-order valence-corrected chi connectivity index (χ4v) is 2.89. The number of nitrogens with one attached hydrogen (secondary N) is 1. The van der Waals surface area contributed by atoms with Gasteiger partial charge >= 0.3 is 5.97 Å². The summed E-state index contributed by atoms with van der Waals surface area (Å²) in [6.07, 6.45) is 0.796. The van der Waals surface area contributed by atoms with Gasteiger partial charge in [-0.1, -0.05) is 29.8 Å². The molecule has 1 aromatic rings. The van der Waals surface area contributed by atoms with Crippen molar-refractivity contribution in [1.82, 2.24) is 10.2 Å². The van der Waals surface area contributed by atoms with Gasteiger partial charge in [0.05, 0.1) is 19.1 Å². The normalized spacial score (nSPS) is 21.0. The molecule has 23 heavy (non-hydrogen) atoms. The first-order valence-corrected chi connectivity index (χ1v) is 7.60. The van der Waals surface area contributed by atoms with E-state index in [1.54, 1.807) is 11.9 Å². The van der Waals surface area contributed by atoms with Crippen LogP contribution in [0.1, 0.15) is 30.0 Å². The van der Waals surface area contributed by atoms with E-state index >= 15 is 0 Å². The number of methoxy groups -OCH3 is 1. The lowest BCUT2D eigenvalue weighted by atomic mass is 9.83. The fraction of sp³-hybridized carbons (Fsp3) is 0.471. The number of amides is 2. The summed E-state index contributed by atoms with van der Waals surface area (Å²) in [5.74, 6) is -1.09. The zero-order valence-corrected chi connectivity index (χ0v) is 13.7. The molecule has 2 amide bonds. The summed E-state index contributed by atoms with van der Waals surface area (Å²) in [5, 5.41) is 2.60. The lowest BCUT2D eigenvalue weighted by molar-refractivity contribution is -0.145. The molecule has 1 aromatic carbocycles. The van der Waals surface area contributed by atoms with E-state index in [1.165, 1.54) is 7.11 Å². The quantitative estimate of drug-likeness (QED) is 0.846. The minimum Gasteiger partial charge on any atom is -0.468 e. The Balaban J connectivity index is 2.21. The van der Waals surface area contributed by atoms with Crippen LogP contribution in [0.25, 0.3) is 0 Å². The van der Waals surface area contributed by atoms with Crippen molar-refractivity contribution in [3.63, 3.8) is 0 Å². The molecule has 6 nitrogen and oxygen atoms in total. The molecular weight excluding hydrogens is 296 g/mol. The van der Waals surface area contributed by atoms with Gasteiger partial charge in [0.15, 0.2) is 0 Å². The number of carbonyl (C=O) groups is 3. The predicted octanol–water partition coefficient (Wildman–Crippen LogP) is 1.19. The zero-order valence-electron chi connectivity index (χ0n) is 13.7. The van der Waals surface area contributed by atoms with E-state index in [0.717, 1.165) is 11.1 Å². The van der Waals surface area contributed by atoms with Crippen LogP contribution in [0.2, 0.25) is 0 Å². The number of benzene rings is 1. The molecule has 1 saturated heterocycles. The van der Waals surface area contributed by atoms with Crippen molar-refractivity contribution in [2.75, 3.05) is 20.7 Å². The van der Waals surface area contributed by atoms with E-state index in [2.05, 4.69) is 10.1 Å². The molecule has 1 heterocycles. The van der Waals surface area contributed by atoms with Crippen molar-refractivity contribution >= 4 is 17.8 Å². The van der Waals surface area contributed by atoms with E-state index in [-0.39, 0.29) is 30.3 Å². The van der Waals surface area contributed by atoms with E-state index in [0.29, 0.717) is 12.8 Å². The molecule has 0 aliphatic carbocycles. The summed E-state index contributed by atoms with van der Waals surface area (Å²) < 4.78 is 4.53. The Bertz CT molecular complexity index is 597. The lowest BCUT2D eigenvalue weighted by Gasteiger charge is -2.38.